The molecule has 0 fully saturated rings. The predicted molar refractivity (Wildman–Crippen MR) is 108 cm³/mol. The summed E-state index contributed by atoms with van der Waals surface area (Å²) >= 11 is 1.63. The monoisotopic (exact) mass is 363 g/mol. The molecule has 0 aliphatic carbocycles. The average molecular weight is 363 g/mol. The van der Waals surface area contributed by atoms with Gasteiger partial charge in [0.15, 0.2) is 5.13 Å². The molecule has 0 saturated heterocycles. The molecular weight excluding hydrogens is 342 g/mol. The van der Waals surface area contributed by atoms with Crippen molar-refractivity contribution in [2.24, 2.45) is 7.05 Å². The Hall–Kier alpha value is -2.79. The van der Waals surface area contributed by atoms with Crippen LogP contribution in [0.4, 0.5) is 5.13 Å². The van der Waals surface area contributed by atoms with Gasteiger partial charge in [0.1, 0.15) is 5.75 Å². The summed E-state index contributed by atoms with van der Waals surface area (Å²) in [7, 11) is 3.78. The highest BCUT2D eigenvalue weighted by molar-refractivity contribution is 7.13. The van der Waals surface area contributed by atoms with Crippen molar-refractivity contribution in [3.05, 3.63) is 76.9 Å². The second kappa shape index (κ2) is 6.84. The van der Waals surface area contributed by atoms with Crippen LogP contribution in [0.3, 0.4) is 0 Å². The quantitative estimate of drug-likeness (QED) is 0.533. The minimum atomic E-state index is 0.0116. The molecule has 132 valence electrons. The van der Waals surface area contributed by atoms with Crippen LogP contribution >= 0.6 is 11.3 Å². The number of hydrogen-bond acceptors (Lipinski definition) is 4. The molecule has 2 aromatic carbocycles. The van der Waals surface area contributed by atoms with Gasteiger partial charge in [0.25, 0.3) is 0 Å². The van der Waals surface area contributed by atoms with E-state index in [2.05, 4.69) is 69.9 Å². The first-order chi connectivity index (χ1) is 12.7. The second-order valence-electron chi connectivity index (χ2n) is 6.36. The van der Waals surface area contributed by atoms with Crippen molar-refractivity contribution in [1.29, 1.82) is 0 Å². The molecule has 26 heavy (non-hydrogen) atoms. The standard InChI is InChI=1S/C21H21N3OS/c1-14-13-26-21(22-14)23-20(15-8-10-16(25-3)11-9-15)18-12-24(2)19-7-5-4-6-17(18)19/h4-13,20H,1-3H3,(H,22,23). The highest BCUT2D eigenvalue weighted by Gasteiger charge is 2.20. The van der Waals surface area contributed by atoms with E-state index >= 15 is 0 Å². The van der Waals surface area contributed by atoms with Crippen molar-refractivity contribution in [3.63, 3.8) is 0 Å². The molecule has 0 aliphatic heterocycles. The second-order valence-corrected chi connectivity index (χ2v) is 7.22. The molecule has 2 aromatic heterocycles. The van der Waals surface area contributed by atoms with Crippen molar-refractivity contribution in [3.8, 4) is 5.75 Å². The average Bonchev–Trinajstić information content (AvgIpc) is 3.23. The molecule has 0 radical (unpaired) electrons. The molecule has 0 spiro atoms. The van der Waals surface area contributed by atoms with Crippen molar-refractivity contribution >= 4 is 27.4 Å². The van der Waals surface area contributed by atoms with Crippen LogP contribution in [0.25, 0.3) is 10.9 Å². The molecule has 0 saturated carbocycles. The van der Waals surface area contributed by atoms with Gasteiger partial charge in [-0.05, 0) is 30.7 Å². The van der Waals surface area contributed by atoms with Crippen molar-refractivity contribution < 1.29 is 4.74 Å². The topological polar surface area (TPSA) is 39.1 Å². The van der Waals surface area contributed by atoms with E-state index in [1.807, 2.05) is 19.1 Å². The molecule has 5 heteroatoms. The third-order valence-corrected chi connectivity index (χ3v) is 5.47. The van der Waals surface area contributed by atoms with E-state index in [1.165, 1.54) is 22.0 Å². The zero-order valence-corrected chi connectivity index (χ0v) is 15.9. The van der Waals surface area contributed by atoms with Crippen LogP contribution in [0.15, 0.2) is 60.1 Å². The lowest BCUT2D eigenvalue weighted by Gasteiger charge is -2.19. The fraction of sp³-hybridized carbons (Fsp3) is 0.190. The smallest absolute Gasteiger partial charge is 0.183 e. The number of para-hydroxylation sites is 1. The maximum atomic E-state index is 5.32. The number of anilines is 1. The number of thiazole rings is 1. The molecule has 0 amide bonds. The lowest BCUT2D eigenvalue weighted by Crippen LogP contribution is -2.12. The number of aromatic nitrogens is 2. The number of nitrogens with one attached hydrogen (secondary N) is 1. The van der Waals surface area contributed by atoms with E-state index in [0.717, 1.165) is 16.6 Å². The lowest BCUT2D eigenvalue weighted by atomic mass is 9.98. The SMILES string of the molecule is COc1ccc(C(Nc2nc(C)cs2)c2cn(C)c3ccccc23)cc1. The Balaban J connectivity index is 1.83. The zero-order chi connectivity index (χ0) is 18.1. The van der Waals surface area contributed by atoms with Crippen LogP contribution < -0.4 is 10.1 Å². The number of fused-ring (bicyclic) bond motifs is 1. The van der Waals surface area contributed by atoms with Gasteiger partial charge in [-0.3, -0.25) is 0 Å². The summed E-state index contributed by atoms with van der Waals surface area (Å²) in [6.45, 7) is 2.02. The molecule has 2 heterocycles. The highest BCUT2D eigenvalue weighted by atomic mass is 32.1. The van der Waals surface area contributed by atoms with Crippen LogP contribution in [0.5, 0.6) is 5.75 Å². The molecule has 4 aromatic rings. The molecule has 4 rings (SSSR count). The van der Waals surface area contributed by atoms with Gasteiger partial charge in [0, 0.05) is 35.1 Å². The minimum absolute atomic E-state index is 0.0116. The Kier molecular flexibility index (Phi) is 4.39. The molecule has 0 aliphatic rings. The molecule has 4 nitrogen and oxygen atoms in total. The molecular formula is C21H21N3OS. The first-order valence-electron chi connectivity index (χ1n) is 8.52. The van der Waals surface area contributed by atoms with Crippen molar-refractivity contribution in [2.75, 3.05) is 12.4 Å². The van der Waals surface area contributed by atoms with E-state index in [1.54, 1.807) is 18.4 Å². The summed E-state index contributed by atoms with van der Waals surface area (Å²) < 4.78 is 7.49. The summed E-state index contributed by atoms with van der Waals surface area (Å²) in [6.07, 6.45) is 2.20. The van der Waals surface area contributed by atoms with Crippen LogP contribution in [0, 0.1) is 6.92 Å². The number of methoxy groups -OCH3 is 1. The summed E-state index contributed by atoms with van der Waals surface area (Å²) in [5.41, 5.74) is 4.66. The van der Waals surface area contributed by atoms with Gasteiger partial charge in [0.2, 0.25) is 0 Å². The zero-order valence-electron chi connectivity index (χ0n) is 15.1. The highest BCUT2D eigenvalue weighted by Crippen LogP contribution is 2.34. The first-order valence-corrected chi connectivity index (χ1v) is 9.40. The number of nitrogens with zero attached hydrogens (tertiary/aromatic N) is 2. The van der Waals surface area contributed by atoms with Gasteiger partial charge in [-0.1, -0.05) is 30.3 Å². The van der Waals surface area contributed by atoms with Gasteiger partial charge < -0.3 is 14.6 Å². The van der Waals surface area contributed by atoms with Crippen LogP contribution in [-0.2, 0) is 7.05 Å². The first kappa shape index (κ1) is 16.7. The predicted octanol–water partition coefficient (Wildman–Crippen LogP) is 5.15. The van der Waals surface area contributed by atoms with Crippen LogP contribution in [-0.4, -0.2) is 16.7 Å². The maximum absolute atomic E-state index is 5.32. The molecule has 1 N–H and O–H groups in total. The van der Waals surface area contributed by atoms with E-state index in [-0.39, 0.29) is 6.04 Å². The largest absolute Gasteiger partial charge is 0.497 e. The van der Waals surface area contributed by atoms with Gasteiger partial charge in [-0.25, -0.2) is 4.98 Å². The van der Waals surface area contributed by atoms with E-state index in [9.17, 15) is 0 Å². The number of aryl methyl sites for hydroxylation is 2. The number of benzene rings is 2. The molecule has 1 atom stereocenters. The minimum Gasteiger partial charge on any atom is -0.497 e. The van der Waals surface area contributed by atoms with Crippen molar-refractivity contribution in [2.45, 2.75) is 13.0 Å². The van der Waals surface area contributed by atoms with E-state index in [4.69, 9.17) is 4.74 Å². The Bertz CT molecular complexity index is 1030. The third-order valence-electron chi connectivity index (χ3n) is 4.57. The fourth-order valence-electron chi connectivity index (χ4n) is 3.28. The molecule has 1 unspecified atom stereocenters. The van der Waals surface area contributed by atoms with Gasteiger partial charge in [-0.2, -0.15) is 0 Å². The third kappa shape index (κ3) is 3.06. The normalized spacial score (nSPS) is 12.3. The van der Waals surface area contributed by atoms with Gasteiger partial charge in [-0.15, -0.1) is 11.3 Å². The summed E-state index contributed by atoms with van der Waals surface area (Å²) in [6, 6.07) is 16.7. The van der Waals surface area contributed by atoms with E-state index < -0.39 is 0 Å². The number of hydrogen-bond donors (Lipinski definition) is 1. The van der Waals surface area contributed by atoms with Crippen molar-refractivity contribution in [1.82, 2.24) is 9.55 Å². The Morgan fingerprint density at radius 1 is 1.12 bits per heavy atom. The summed E-state index contributed by atoms with van der Waals surface area (Å²) in [5, 5.41) is 7.87. The Morgan fingerprint density at radius 3 is 2.58 bits per heavy atom. The van der Waals surface area contributed by atoms with Gasteiger partial charge in [0.05, 0.1) is 18.8 Å². The summed E-state index contributed by atoms with van der Waals surface area (Å²) in [4.78, 5) is 4.60. The molecule has 0 bridgehead atoms. The van der Waals surface area contributed by atoms with Gasteiger partial charge >= 0.3 is 0 Å². The van der Waals surface area contributed by atoms with Crippen LogP contribution in [0.2, 0.25) is 0 Å². The van der Waals surface area contributed by atoms with E-state index in [0.29, 0.717) is 0 Å². The van der Waals surface area contributed by atoms with Crippen LogP contribution in [0.1, 0.15) is 22.9 Å². The fourth-order valence-corrected chi connectivity index (χ4v) is 4.00. The maximum Gasteiger partial charge on any atom is 0.183 e. The summed E-state index contributed by atoms with van der Waals surface area (Å²) in [5.74, 6) is 0.857. The number of rotatable bonds is 5. The number of ether oxygens (including phenoxy) is 1. The Labute approximate surface area is 157 Å². The lowest BCUT2D eigenvalue weighted by molar-refractivity contribution is 0.414. The Morgan fingerprint density at radius 2 is 1.88 bits per heavy atom.